The molecule has 4 aromatic rings. The van der Waals surface area contributed by atoms with Crippen molar-refractivity contribution in [3.63, 3.8) is 0 Å². The van der Waals surface area contributed by atoms with Crippen molar-refractivity contribution >= 4 is 28.8 Å². The number of carbonyl (C=O) groups is 2. The second-order valence-electron chi connectivity index (χ2n) is 6.83. The predicted molar refractivity (Wildman–Crippen MR) is 115 cm³/mol. The van der Waals surface area contributed by atoms with Gasteiger partial charge in [-0.3, -0.25) is 9.59 Å². The molecule has 0 fully saturated rings. The number of imide groups is 1. The number of thiazole rings is 1. The van der Waals surface area contributed by atoms with E-state index < -0.39 is 0 Å². The van der Waals surface area contributed by atoms with Gasteiger partial charge in [0.1, 0.15) is 5.01 Å². The Balaban J connectivity index is 1.54. The SMILES string of the molecule is Cc1sc(-c2cccc(N3C(=O)c4ccccc4C3=O)c2)nc1-c1ccccc1. The fraction of sp³-hybridized carbons (Fsp3) is 0.0417. The lowest BCUT2D eigenvalue weighted by atomic mass is 10.1. The number of amides is 2. The third-order valence-corrected chi connectivity index (χ3v) is 6.01. The Labute approximate surface area is 172 Å². The number of aromatic nitrogens is 1. The molecule has 29 heavy (non-hydrogen) atoms. The van der Waals surface area contributed by atoms with Gasteiger partial charge >= 0.3 is 0 Å². The average Bonchev–Trinajstić information content (AvgIpc) is 3.27. The highest BCUT2D eigenvalue weighted by atomic mass is 32.1. The molecule has 0 N–H and O–H groups in total. The highest BCUT2D eigenvalue weighted by Gasteiger charge is 2.36. The molecule has 5 rings (SSSR count). The number of nitrogens with zero attached hydrogens (tertiary/aromatic N) is 2. The number of benzene rings is 3. The Morgan fingerprint density at radius 1 is 0.759 bits per heavy atom. The Morgan fingerprint density at radius 2 is 1.38 bits per heavy atom. The molecule has 1 aliphatic rings. The molecule has 0 atom stereocenters. The Hall–Kier alpha value is -3.57. The fourth-order valence-electron chi connectivity index (χ4n) is 3.59. The second-order valence-corrected chi connectivity index (χ2v) is 8.03. The minimum atomic E-state index is -0.289. The second kappa shape index (κ2) is 6.79. The number of aryl methyl sites for hydroxylation is 1. The van der Waals surface area contributed by atoms with Gasteiger partial charge in [0.2, 0.25) is 0 Å². The van der Waals surface area contributed by atoms with Gasteiger partial charge in [-0.15, -0.1) is 11.3 Å². The van der Waals surface area contributed by atoms with Crippen LogP contribution in [0.5, 0.6) is 0 Å². The molecular formula is C24H16N2O2S. The van der Waals surface area contributed by atoms with E-state index in [2.05, 4.69) is 6.92 Å². The van der Waals surface area contributed by atoms with Gasteiger partial charge in [0.25, 0.3) is 11.8 Å². The summed E-state index contributed by atoms with van der Waals surface area (Å²) in [6.45, 7) is 2.05. The van der Waals surface area contributed by atoms with Crippen LogP contribution in [0, 0.1) is 6.92 Å². The van der Waals surface area contributed by atoms with E-state index in [1.165, 1.54) is 4.90 Å². The predicted octanol–water partition coefficient (Wildman–Crippen LogP) is 5.59. The number of hydrogen-bond acceptors (Lipinski definition) is 4. The average molecular weight is 396 g/mol. The first kappa shape index (κ1) is 17.5. The van der Waals surface area contributed by atoms with Gasteiger partial charge in [-0.25, -0.2) is 9.88 Å². The van der Waals surface area contributed by atoms with E-state index in [1.54, 1.807) is 41.7 Å². The molecule has 1 aliphatic heterocycles. The van der Waals surface area contributed by atoms with Gasteiger partial charge in [-0.2, -0.15) is 0 Å². The van der Waals surface area contributed by atoms with Crippen LogP contribution < -0.4 is 4.90 Å². The van der Waals surface area contributed by atoms with E-state index in [9.17, 15) is 9.59 Å². The van der Waals surface area contributed by atoms with Crippen molar-refractivity contribution in [2.45, 2.75) is 6.92 Å². The van der Waals surface area contributed by atoms with Gasteiger partial charge in [0.05, 0.1) is 22.5 Å². The summed E-state index contributed by atoms with van der Waals surface area (Å²) in [4.78, 5) is 32.8. The molecule has 4 nitrogen and oxygen atoms in total. The van der Waals surface area contributed by atoms with Crippen LogP contribution in [-0.4, -0.2) is 16.8 Å². The topological polar surface area (TPSA) is 50.3 Å². The lowest BCUT2D eigenvalue weighted by Crippen LogP contribution is -2.29. The molecule has 3 aromatic carbocycles. The Bertz CT molecular complexity index is 1230. The summed E-state index contributed by atoms with van der Waals surface area (Å²) in [6, 6.07) is 24.4. The minimum absolute atomic E-state index is 0.289. The van der Waals surface area contributed by atoms with Crippen LogP contribution in [0.4, 0.5) is 5.69 Å². The summed E-state index contributed by atoms with van der Waals surface area (Å²) in [7, 11) is 0. The van der Waals surface area contributed by atoms with Gasteiger partial charge in [-0.05, 0) is 31.2 Å². The molecule has 0 bridgehead atoms. The first-order chi connectivity index (χ1) is 14.1. The molecule has 0 radical (unpaired) electrons. The third kappa shape index (κ3) is 2.87. The lowest BCUT2D eigenvalue weighted by Gasteiger charge is -2.14. The number of anilines is 1. The molecule has 5 heteroatoms. The Morgan fingerprint density at radius 3 is 2.07 bits per heavy atom. The first-order valence-electron chi connectivity index (χ1n) is 9.24. The summed E-state index contributed by atoms with van der Waals surface area (Å²) in [5, 5.41) is 0.861. The van der Waals surface area contributed by atoms with Crippen molar-refractivity contribution in [3.05, 3.63) is 94.9 Å². The summed E-state index contributed by atoms with van der Waals surface area (Å²) < 4.78 is 0. The lowest BCUT2D eigenvalue weighted by molar-refractivity contribution is 0.0926. The Kier molecular flexibility index (Phi) is 4.11. The largest absolute Gasteiger partial charge is 0.268 e. The van der Waals surface area contributed by atoms with Crippen molar-refractivity contribution in [1.29, 1.82) is 0 Å². The highest BCUT2D eigenvalue weighted by Crippen LogP contribution is 2.36. The quantitative estimate of drug-likeness (QED) is 0.424. The zero-order valence-electron chi connectivity index (χ0n) is 15.6. The van der Waals surface area contributed by atoms with Crippen LogP contribution in [0.25, 0.3) is 21.8 Å². The van der Waals surface area contributed by atoms with Crippen LogP contribution in [0.3, 0.4) is 0 Å². The molecule has 140 valence electrons. The van der Waals surface area contributed by atoms with E-state index in [0.717, 1.165) is 26.7 Å². The molecule has 0 saturated carbocycles. The smallest absolute Gasteiger partial charge is 0.266 e. The normalized spacial score (nSPS) is 13.1. The highest BCUT2D eigenvalue weighted by molar-refractivity contribution is 7.15. The summed E-state index contributed by atoms with van der Waals surface area (Å²) >= 11 is 1.60. The first-order valence-corrected chi connectivity index (χ1v) is 10.1. The molecular weight excluding hydrogens is 380 g/mol. The van der Waals surface area contributed by atoms with Gasteiger partial charge in [-0.1, -0.05) is 54.6 Å². The summed E-state index contributed by atoms with van der Waals surface area (Å²) in [5.41, 5.74) is 4.36. The van der Waals surface area contributed by atoms with E-state index in [0.29, 0.717) is 16.8 Å². The molecule has 0 spiro atoms. The van der Waals surface area contributed by atoms with Crippen LogP contribution in [0.15, 0.2) is 78.9 Å². The number of rotatable bonds is 3. The van der Waals surface area contributed by atoms with Crippen molar-refractivity contribution < 1.29 is 9.59 Å². The van der Waals surface area contributed by atoms with Crippen molar-refractivity contribution in [2.75, 3.05) is 4.90 Å². The summed E-state index contributed by atoms with van der Waals surface area (Å²) in [6.07, 6.45) is 0. The molecule has 2 amide bonds. The number of hydrogen-bond donors (Lipinski definition) is 0. The molecule has 0 aliphatic carbocycles. The monoisotopic (exact) mass is 396 g/mol. The van der Waals surface area contributed by atoms with Gasteiger partial charge < -0.3 is 0 Å². The zero-order valence-corrected chi connectivity index (χ0v) is 16.4. The zero-order chi connectivity index (χ0) is 20.0. The molecule has 2 heterocycles. The van der Waals surface area contributed by atoms with E-state index in [-0.39, 0.29) is 11.8 Å². The van der Waals surface area contributed by atoms with Crippen molar-refractivity contribution in [2.24, 2.45) is 0 Å². The minimum Gasteiger partial charge on any atom is -0.268 e. The standard InChI is InChI=1S/C24H16N2O2S/c1-15-21(16-8-3-2-4-9-16)25-22(29-15)17-10-7-11-18(14-17)26-23(27)19-12-5-6-13-20(19)24(26)28/h2-14H,1H3. The maximum atomic E-state index is 12.8. The van der Waals surface area contributed by atoms with E-state index in [4.69, 9.17) is 4.98 Å². The molecule has 1 aromatic heterocycles. The van der Waals surface area contributed by atoms with Crippen LogP contribution in [0.1, 0.15) is 25.6 Å². The number of carbonyl (C=O) groups excluding carboxylic acids is 2. The van der Waals surface area contributed by atoms with Gasteiger partial charge in [0, 0.05) is 16.0 Å². The van der Waals surface area contributed by atoms with E-state index >= 15 is 0 Å². The van der Waals surface area contributed by atoms with Gasteiger partial charge in [0.15, 0.2) is 0 Å². The van der Waals surface area contributed by atoms with Crippen LogP contribution >= 0.6 is 11.3 Å². The van der Waals surface area contributed by atoms with E-state index in [1.807, 2.05) is 48.5 Å². The van der Waals surface area contributed by atoms with Crippen molar-refractivity contribution in [3.8, 4) is 21.8 Å². The maximum absolute atomic E-state index is 12.8. The maximum Gasteiger partial charge on any atom is 0.266 e. The third-order valence-electron chi connectivity index (χ3n) is 4.99. The molecule has 0 saturated heterocycles. The summed E-state index contributed by atoms with van der Waals surface area (Å²) in [5.74, 6) is -0.578. The van der Waals surface area contributed by atoms with Crippen LogP contribution in [0.2, 0.25) is 0 Å². The fourth-order valence-corrected chi connectivity index (χ4v) is 4.52. The number of fused-ring (bicyclic) bond motifs is 1. The van der Waals surface area contributed by atoms with Crippen LogP contribution in [-0.2, 0) is 0 Å². The molecule has 0 unspecified atom stereocenters. The van der Waals surface area contributed by atoms with Crippen molar-refractivity contribution in [1.82, 2.24) is 4.98 Å².